The molecule has 0 aliphatic heterocycles. The van der Waals surface area contributed by atoms with E-state index in [0.717, 1.165) is 24.2 Å². The molecular weight excluding hydrogens is 605 g/mol. The van der Waals surface area contributed by atoms with Gasteiger partial charge in [0.05, 0.1) is 0 Å². The molecule has 0 amide bonds. The number of unbranched alkanes of at least 4 members (excludes halogenated alkanes) is 13. The zero-order valence-electron chi connectivity index (χ0n) is 31.8. The summed E-state index contributed by atoms with van der Waals surface area (Å²) in [6, 6.07) is 31.5. The van der Waals surface area contributed by atoms with Gasteiger partial charge in [0.15, 0.2) is 0 Å². The summed E-state index contributed by atoms with van der Waals surface area (Å²) in [6.45, 7) is 4.59. The number of anilines is 2. The third-order valence-electron chi connectivity index (χ3n) is 10.6. The van der Waals surface area contributed by atoms with Crippen LogP contribution in [0.4, 0.5) is 11.4 Å². The smallest absolute Gasteiger partial charge is 0.0314 e. The van der Waals surface area contributed by atoms with Gasteiger partial charge in [0, 0.05) is 11.4 Å². The van der Waals surface area contributed by atoms with Gasteiger partial charge in [-0.2, -0.15) is 0 Å². The molecule has 4 N–H and O–H groups in total. The van der Waals surface area contributed by atoms with Crippen molar-refractivity contribution < 1.29 is 0 Å². The van der Waals surface area contributed by atoms with E-state index in [-0.39, 0.29) is 0 Å². The van der Waals surface area contributed by atoms with Crippen molar-refractivity contribution in [2.45, 2.75) is 155 Å². The van der Waals surface area contributed by atoms with Crippen LogP contribution in [0.25, 0.3) is 0 Å². The van der Waals surface area contributed by atoms with E-state index in [1.165, 1.54) is 162 Å². The zero-order valence-corrected chi connectivity index (χ0v) is 31.8. The van der Waals surface area contributed by atoms with E-state index in [0.29, 0.717) is 0 Å². The summed E-state index contributed by atoms with van der Waals surface area (Å²) in [6.07, 6.45) is 28.2. The van der Waals surface area contributed by atoms with Crippen molar-refractivity contribution in [3.63, 3.8) is 0 Å². The monoisotopic (exact) mass is 673 g/mol. The standard InChI is InChI=1S/C48H68N2/c1-3-5-7-17-21-43-35-39(23-29-45(43)37-41-25-31-47(49)32-26-41)19-15-13-11-9-10-12-14-16-20-40-24-30-46(38-42-27-33-48(50)34-28-42)44(36-40)22-18-8-6-4-2/h23-36H,3-22,37-38,49-50H2,1-2H3. The lowest BCUT2D eigenvalue weighted by Crippen LogP contribution is -1.99. The van der Waals surface area contributed by atoms with Gasteiger partial charge < -0.3 is 11.5 Å². The second-order valence-electron chi connectivity index (χ2n) is 15.0. The van der Waals surface area contributed by atoms with Crippen molar-refractivity contribution >= 4 is 11.4 Å². The second-order valence-corrected chi connectivity index (χ2v) is 15.0. The molecule has 0 saturated carbocycles. The second kappa shape index (κ2) is 23.0. The highest BCUT2D eigenvalue weighted by atomic mass is 14.5. The summed E-state index contributed by atoms with van der Waals surface area (Å²) >= 11 is 0. The van der Waals surface area contributed by atoms with E-state index >= 15 is 0 Å². The average Bonchev–Trinajstić information content (AvgIpc) is 3.13. The first-order chi connectivity index (χ1) is 24.5. The topological polar surface area (TPSA) is 52.0 Å². The first-order valence-corrected chi connectivity index (χ1v) is 20.4. The molecule has 0 aromatic heterocycles. The molecule has 50 heavy (non-hydrogen) atoms. The summed E-state index contributed by atoms with van der Waals surface area (Å²) in [5.74, 6) is 0. The number of nitrogens with two attached hydrogens (primary N) is 2. The minimum Gasteiger partial charge on any atom is -0.399 e. The van der Waals surface area contributed by atoms with Gasteiger partial charge in [-0.1, -0.05) is 152 Å². The summed E-state index contributed by atoms with van der Waals surface area (Å²) in [7, 11) is 0. The summed E-state index contributed by atoms with van der Waals surface area (Å²) in [5.41, 5.74) is 25.4. The van der Waals surface area contributed by atoms with Crippen LogP contribution in [0.15, 0.2) is 84.9 Å². The van der Waals surface area contributed by atoms with Crippen LogP contribution in [-0.4, -0.2) is 0 Å². The SMILES string of the molecule is CCCCCCc1cc(CCCCCCCCCCc2ccc(Cc3ccc(N)cc3)c(CCCCCC)c2)ccc1Cc1ccc(N)cc1. The lowest BCUT2D eigenvalue weighted by molar-refractivity contribution is 0.567. The molecule has 4 rings (SSSR count). The van der Waals surface area contributed by atoms with Gasteiger partial charge in [0.25, 0.3) is 0 Å². The van der Waals surface area contributed by atoms with Crippen molar-refractivity contribution in [3.8, 4) is 0 Å². The molecule has 2 nitrogen and oxygen atoms in total. The van der Waals surface area contributed by atoms with Crippen LogP contribution < -0.4 is 11.5 Å². The summed E-state index contributed by atoms with van der Waals surface area (Å²) in [5, 5.41) is 0. The number of rotatable bonds is 25. The molecule has 0 aliphatic rings. The molecule has 270 valence electrons. The van der Waals surface area contributed by atoms with Gasteiger partial charge in [0.1, 0.15) is 0 Å². The zero-order chi connectivity index (χ0) is 35.2. The molecule has 0 spiro atoms. The van der Waals surface area contributed by atoms with Crippen LogP contribution in [0.2, 0.25) is 0 Å². The Labute approximate surface area is 306 Å². The Bertz CT molecular complexity index is 1370. The third kappa shape index (κ3) is 14.8. The Kier molecular flexibility index (Phi) is 18.1. The Hall–Kier alpha value is -3.52. The predicted octanol–water partition coefficient (Wildman–Crippen LogP) is 13.2. The number of hydrogen-bond acceptors (Lipinski definition) is 2. The van der Waals surface area contributed by atoms with Gasteiger partial charge in [-0.05, 0) is 133 Å². The molecule has 0 atom stereocenters. The highest BCUT2D eigenvalue weighted by molar-refractivity contribution is 5.43. The van der Waals surface area contributed by atoms with Gasteiger partial charge in [-0.15, -0.1) is 0 Å². The highest BCUT2D eigenvalue weighted by Gasteiger charge is 2.08. The Balaban J connectivity index is 1.14. The number of benzene rings is 4. The van der Waals surface area contributed by atoms with Crippen LogP contribution in [0.1, 0.15) is 161 Å². The lowest BCUT2D eigenvalue weighted by Gasteiger charge is -2.13. The lowest BCUT2D eigenvalue weighted by atomic mass is 9.92. The molecule has 0 unspecified atom stereocenters. The summed E-state index contributed by atoms with van der Waals surface area (Å²) < 4.78 is 0. The first kappa shape index (κ1) is 39.3. The Morgan fingerprint density at radius 1 is 0.320 bits per heavy atom. The molecule has 4 aromatic carbocycles. The molecule has 4 aromatic rings. The largest absolute Gasteiger partial charge is 0.399 e. The molecule has 0 bridgehead atoms. The minimum absolute atomic E-state index is 0.842. The van der Waals surface area contributed by atoms with Crippen molar-refractivity contribution in [1.82, 2.24) is 0 Å². The molecule has 0 heterocycles. The third-order valence-corrected chi connectivity index (χ3v) is 10.6. The molecule has 0 radical (unpaired) electrons. The predicted molar refractivity (Wildman–Crippen MR) is 220 cm³/mol. The van der Waals surface area contributed by atoms with E-state index in [9.17, 15) is 0 Å². The van der Waals surface area contributed by atoms with Crippen LogP contribution in [0, 0.1) is 0 Å². The first-order valence-electron chi connectivity index (χ1n) is 20.4. The van der Waals surface area contributed by atoms with E-state index < -0.39 is 0 Å². The van der Waals surface area contributed by atoms with Gasteiger partial charge >= 0.3 is 0 Å². The van der Waals surface area contributed by atoms with Crippen LogP contribution in [0.5, 0.6) is 0 Å². The van der Waals surface area contributed by atoms with E-state index in [2.05, 4.69) is 74.5 Å². The minimum atomic E-state index is 0.842. The molecule has 0 aliphatic carbocycles. The van der Waals surface area contributed by atoms with E-state index in [1.807, 2.05) is 24.3 Å². The van der Waals surface area contributed by atoms with Gasteiger partial charge in [-0.25, -0.2) is 0 Å². The van der Waals surface area contributed by atoms with Gasteiger partial charge in [0.2, 0.25) is 0 Å². The fraction of sp³-hybridized carbons (Fsp3) is 0.500. The molecule has 0 saturated heterocycles. The average molecular weight is 673 g/mol. The number of aryl methyl sites for hydroxylation is 4. The number of nitrogen functional groups attached to an aromatic ring is 2. The van der Waals surface area contributed by atoms with E-state index in [4.69, 9.17) is 11.5 Å². The summed E-state index contributed by atoms with van der Waals surface area (Å²) in [4.78, 5) is 0. The quantitative estimate of drug-likeness (QED) is 0.0544. The van der Waals surface area contributed by atoms with Crippen LogP contribution in [0.3, 0.4) is 0 Å². The van der Waals surface area contributed by atoms with Crippen LogP contribution in [-0.2, 0) is 38.5 Å². The molecular formula is C48H68N2. The fourth-order valence-electron chi connectivity index (χ4n) is 7.39. The molecule has 0 fully saturated rings. The van der Waals surface area contributed by atoms with Crippen molar-refractivity contribution in [2.24, 2.45) is 0 Å². The fourth-order valence-corrected chi connectivity index (χ4v) is 7.39. The highest BCUT2D eigenvalue weighted by Crippen LogP contribution is 2.23. The molecule has 2 heteroatoms. The van der Waals surface area contributed by atoms with Crippen molar-refractivity contribution in [2.75, 3.05) is 11.5 Å². The van der Waals surface area contributed by atoms with Gasteiger partial charge in [-0.3, -0.25) is 0 Å². The van der Waals surface area contributed by atoms with Crippen molar-refractivity contribution in [3.05, 3.63) is 129 Å². The normalized spacial score (nSPS) is 11.3. The maximum absolute atomic E-state index is 5.93. The number of hydrogen-bond donors (Lipinski definition) is 2. The Morgan fingerprint density at radius 3 is 1.02 bits per heavy atom. The maximum atomic E-state index is 5.93. The van der Waals surface area contributed by atoms with Crippen molar-refractivity contribution in [1.29, 1.82) is 0 Å². The van der Waals surface area contributed by atoms with E-state index in [1.54, 1.807) is 11.1 Å². The maximum Gasteiger partial charge on any atom is 0.0314 e. The Morgan fingerprint density at radius 2 is 0.640 bits per heavy atom. The van der Waals surface area contributed by atoms with Crippen LogP contribution >= 0.6 is 0 Å².